The maximum atomic E-state index is 11.3. The Bertz CT molecular complexity index is 256. The normalized spacial score (nSPS) is 12.1. The van der Waals surface area contributed by atoms with Crippen LogP contribution in [0.15, 0.2) is 0 Å². The molecule has 0 fully saturated rings. The van der Waals surface area contributed by atoms with Gasteiger partial charge in [0.2, 0.25) is 5.91 Å². The van der Waals surface area contributed by atoms with Crippen molar-refractivity contribution in [1.29, 1.82) is 0 Å². The summed E-state index contributed by atoms with van der Waals surface area (Å²) in [6, 6.07) is -0.134. The molecule has 0 spiro atoms. The van der Waals surface area contributed by atoms with Gasteiger partial charge in [0.05, 0.1) is 6.61 Å². The number of ether oxygens (including phenoxy) is 2. The van der Waals surface area contributed by atoms with Crippen LogP contribution < -0.4 is 10.6 Å². The monoisotopic (exact) mass is 260 g/mol. The quantitative estimate of drug-likeness (QED) is 0.680. The Morgan fingerprint density at radius 1 is 1.28 bits per heavy atom. The Labute approximate surface area is 108 Å². The highest BCUT2D eigenvalue weighted by Crippen LogP contribution is 2.04. The predicted octanol–water partition coefficient (Wildman–Crippen LogP) is 0.910. The summed E-state index contributed by atoms with van der Waals surface area (Å²) < 4.78 is 9.53. The molecular weight excluding hydrogens is 236 g/mol. The minimum atomic E-state index is -0.454. The number of hydrogen-bond acceptors (Lipinski definition) is 4. The number of rotatable bonds is 8. The molecule has 0 rings (SSSR count). The van der Waals surface area contributed by atoms with E-state index < -0.39 is 6.09 Å². The molecule has 0 aliphatic heterocycles. The molecule has 0 radical (unpaired) electrons. The van der Waals surface area contributed by atoms with E-state index in [1.807, 2.05) is 0 Å². The van der Waals surface area contributed by atoms with Crippen molar-refractivity contribution in [2.75, 3.05) is 26.9 Å². The first-order valence-corrected chi connectivity index (χ1v) is 6.18. The van der Waals surface area contributed by atoms with Crippen molar-refractivity contribution in [3.8, 4) is 0 Å². The zero-order valence-electron chi connectivity index (χ0n) is 11.6. The van der Waals surface area contributed by atoms with E-state index in [4.69, 9.17) is 9.47 Å². The van der Waals surface area contributed by atoms with E-state index in [2.05, 4.69) is 24.5 Å². The van der Waals surface area contributed by atoms with Crippen molar-refractivity contribution in [3.63, 3.8) is 0 Å². The van der Waals surface area contributed by atoms with E-state index in [0.29, 0.717) is 19.1 Å². The maximum absolute atomic E-state index is 11.3. The van der Waals surface area contributed by atoms with Crippen molar-refractivity contribution in [2.24, 2.45) is 5.92 Å². The van der Waals surface area contributed by atoms with E-state index in [1.165, 1.54) is 7.11 Å². The predicted molar refractivity (Wildman–Crippen MR) is 68.3 cm³/mol. The van der Waals surface area contributed by atoms with E-state index in [9.17, 15) is 9.59 Å². The molecule has 0 aliphatic rings. The Morgan fingerprint density at radius 3 is 2.44 bits per heavy atom. The SMILES string of the molecule is CCOC(=O)NC(CNC(=O)COC)CC(C)C. The highest BCUT2D eigenvalue weighted by molar-refractivity contribution is 5.77. The number of carbonyl (C=O) groups excluding carboxylic acids is 2. The van der Waals surface area contributed by atoms with Gasteiger partial charge in [-0.05, 0) is 19.3 Å². The zero-order chi connectivity index (χ0) is 14.0. The summed E-state index contributed by atoms with van der Waals surface area (Å²) in [6.07, 6.45) is 0.315. The summed E-state index contributed by atoms with van der Waals surface area (Å²) in [7, 11) is 1.46. The van der Waals surface area contributed by atoms with Gasteiger partial charge in [0.25, 0.3) is 0 Å². The first-order chi connectivity index (χ1) is 8.49. The molecule has 1 unspecified atom stereocenters. The molecule has 0 aliphatic carbocycles. The second kappa shape index (κ2) is 9.70. The molecule has 106 valence electrons. The maximum Gasteiger partial charge on any atom is 0.407 e. The third-order valence-electron chi connectivity index (χ3n) is 2.17. The number of methoxy groups -OCH3 is 1. The molecular formula is C12H24N2O4. The number of hydrogen-bond donors (Lipinski definition) is 2. The summed E-state index contributed by atoms with van der Waals surface area (Å²) in [4.78, 5) is 22.6. The fourth-order valence-electron chi connectivity index (χ4n) is 1.52. The van der Waals surface area contributed by atoms with Gasteiger partial charge in [0, 0.05) is 19.7 Å². The van der Waals surface area contributed by atoms with Crippen LogP contribution >= 0.6 is 0 Å². The van der Waals surface area contributed by atoms with Crippen molar-refractivity contribution in [2.45, 2.75) is 33.2 Å². The average Bonchev–Trinajstić information content (AvgIpc) is 2.26. The van der Waals surface area contributed by atoms with Crippen LogP contribution in [0.2, 0.25) is 0 Å². The van der Waals surface area contributed by atoms with E-state index in [1.54, 1.807) is 6.92 Å². The van der Waals surface area contributed by atoms with Crippen LogP contribution in [0.4, 0.5) is 4.79 Å². The molecule has 0 saturated carbocycles. The average molecular weight is 260 g/mol. The van der Waals surface area contributed by atoms with Crippen molar-refractivity contribution in [1.82, 2.24) is 10.6 Å². The second-order valence-electron chi connectivity index (χ2n) is 4.43. The Morgan fingerprint density at radius 2 is 1.94 bits per heavy atom. The Balaban J connectivity index is 4.13. The van der Waals surface area contributed by atoms with Gasteiger partial charge >= 0.3 is 6.09 Å². The minimum Gasteiger partial charge on any atom is -0.450 e. The number of carbonyl (C=O) groups is 2. The number of amides is 2. The van der Waals surface area contributed by atoms with Gasteiger partial charge in [-0.2, -0.15) is 0 Å². The molecule has 0 aromatic heterocycles. The van der Waals surface area contributed by atoms with Gasteiger partial charge in [-0.1, -0.05) is 13.8 Å². The van der Waals surface area contributed by atoms with Gasteiger partial charge in [-0.25, -0.2) is 4.79 Å². The molecule has 6 nitrogen and oxygen atoms in total. The molecule has 1 atom stereocenters. The van der Waals surface area contributed by atoms with E-state index in [0.717, 1.165) is 6.42 Å². The van der Waals surface area contributed by atoms with Crippen molar-refractivity contribution >= 4 is 12.0 Å². The van der Waals surface area contributed by atoms with Crippen LogP contribution in [0.5, 0.6) is 0 Å². The van der Waals surface area contributed by atoms with Gasteiger partial charge < -0.3 is 20.1 Å². The molecule has 0 aromatic rings. The van der Waals surface area contributed by atoms with Gasteiger partial charge in [0.1, 0.15) is 6.61 Å². The molecule has 0 aromatic carbocycles. The lowest BCUT2D eigenvalue weighted by molar-refractivity contribution is -0.124. The molecule has 0 saturated heterocycles. The summed E-state index contributed by atoms with van der Waals surface area (Å²) in [5.41, 5.74) is 0. The van der Waals surface area contributed by atoms with E-state index >= 15 is 0 Å². The standard InChI is InChI=1S/C12H24N2O4/c1-5-18-12(16)14-10(6-9(2)3)7-13-11(15)8-17-4/h9-10H,5-8H2,1-4H3,(H,13,15)(H,14,16). The lowest BCUT2D eigenvalue weighted by Crippen LogP contribution is -2.45. The molecule has 2 N–H and O–H groups in total. The molecule has 0 heterocycles. The fourth-order valence-corrected chi connectivity index (χ4v) is 1.52. The lowest BCUT2D eigenvalue weighted by Gasteiger charge is -2.20. The van der Waals surface area contributed by atoms with Gasteiger partial charge in [0.15, 0.2) is 0 Å². The number of alkyl carbamates (subject to hydrolysis) is 1. The van der Waals surface area contributed by atoms with Crippen LogP contribution in [0.1, 0.15) is 27.2 Å². The fraction of sp³-hybridized carbons (Fsp3) is 0.833. The van der Waals surface area contributed by atoms with Crippen LogP contribution in [-0.2, 0) is 14.3 Å². The summed E-state index contributed by atoms with van der Waals surface area (Å²) in [6.45, 7) is 6.58. The summed E-state index contributed by atoms with van der Waals surface area (Å²) in [5, 5.41) is 5.43. The third-order valence-corrected chi connectivity index (χ3v) is 2.17. The van der Waals surface area contributed by atoms with Crippen molar-refractivity contribution < 1.29 is 19.1 Å². The van der Waals surface area contributed by atoms with Gasteiger partial charge in [-0.15, -0.1) is 0 Å². The largest absolute Gasteiger partial charge is 0.450 e. The van der Waals surface area contributed by atoms with Crippen molar-refractivity contribution in [3.05, 3.63) is 0 Å². The topological polar surface area (TPSA) is 76.7 Å². The van der Waals surface area contributed by atoms with Crippen LogP contribution in [0.25, 0.3) is 0 Å². The highest BCUT2D eigenvalue weighted by atomic mass is 16.5. The first-order valence-electron chi connectivity index (χ1n) is 6.18. The molecule has 6 heteroatoms. The third kappa shape index (κ3) is 8.81. The Hall–Kier alpha value is -1.30. The van der Waals surface area contributed by atoms with Crippen LogP contribution in [0, 0.1) is 5.92 Å². The molecule has 0 bridgehead atoms. The van der Waals surface area contributed by atoms with E-state index in [-0.39, 0.29) is 18.6 Å². The Kier molecular flexibility index (Phi) is 9.00. The van der Waals surface area contributed by atoms with Gasteiger partial charge in [-0.3, -0.25) is 4.79 Å². The summed E-state index contributed by atoms with van der Waals surface area (Å²) in [5.74, 6) is 0.216. The second-order valence-corrected chi connectivity index (χ2v) is 4.43. The minimum absolute atomic E-state index is 0.0216. The zero-order valence-corrected chi connectivity index (χ0v) is 11.6. The molecule has 18 heavy (non-hydrogen) atoms. The van der Waals surface area contributed by atoms with Crippen LogP contribution in [-0.4, -0.2) is 44.9 Å². The number of nitrogens with one attached hydrogen (secondary N) is 2. The first kappa shape index (κ1) is 16.7. The highest BCUT2D eigenvalue weighted by Gasteiger charge is 2.15. The summed E-state index contributed by atoms with van der Waals surface area (Å²) >= 11 is 0. The smallest absolute Gasteiger partial charge is 0.407 e. The lowest BCUT2D eigenvalue weighted by atomic mass is 10.0. The van der Waals surface area contributed by atoms with Crippen LogP contribution in [0.3, 0.4) is 0 Å². The molecule has 2 amide bonds.